The van der Waals surface area contributed by atoms with Crippen molar-refractivity contribution < 1.29 is 9.53 Å². The normalized spacial score (nSPS) is 12.7. The van der Waals surface area contributed by atoms with Crippen LogP contribution in [0.15, 0.2) is 0 Å². The quantitative estimate of drug-likeness (QED) is 0.531. The van der Waals surface area contributed by atoms with Gasteiger partial charge >= 0.3 is 5.97 Å². The minimum absolute atomic E-state index is 0.0441. The van der Waals surface area contributed by atoms with E-state index in [0.717, 1.165) is 6.04 Å². The van der Waals surface area contributed by atoms with E-state index in [2.05, 4.69) is 33.9 Å². The molecule has 0 aliphatic rings. The number of ether oxygens (including phenoxy) is 1. The summed E-state index contributed by atoms with van der Waals surface area (Å²) in [4.78, 5) is 11.2. The van der Waals surface area contributed by atoms with Crippen molar-refractivity contribution in [2.24, 2.45) is 0 Å². The van der Waals surface area contributed by atoms with Crippen LogP contribution in [-0.4, -0.2) is 20.7 Å². The lowest BCUT2D eigenvalue weighted by Gasteiger charge is -2.36. The number of carbonyl (C=O) groups excluding carboxylic acids is 1. The molecule has 0 saturated heterocycles. The lowest BCUT2D eigenvalue weighted by molar-refractivity contribution is -0.142. The summed E-state index contributed by atoms with van der Waals surface area (Å²) in [5.41, 5.74) is 0. The highest BCUT2D eigenvalue weighted by Crippen LogP contribution is 2.39. The van der Waals surface area contributed by atoms with Gasteiger partial charge in [0.1, 0.15) is 0 Å². The van der Waals surface area contributed by atoms with Crippen molar-refractivity contribution in [3.8, 4) is 0 Å². The molecule has 0 atom stereocenters. The Kier molecular flexibility index (Phi) is 4.85. The van der Waals surface area contributed by atoms with Crippen LogP contribution in [0.4, 0.5) is 0 Å². The molecule has 2 nitrogen and oxygen atoms in total. The smallest absolute Gasteiger partial charge is 0.305 e. The third-order valence-corrected chi connectivity index (χ3v) is 8.85. The second kappa shape index (κ2) is 4.96. The SMILES string of the molecule is CCOC(=O)CC[Si](C)(C)C(C)(C)C. The Morgan fingerprint density at radius 3 is 2.14 bits per heavy atom. The predicted molar refractivity (Wildman–Crippen MR) is 63.3 cm³/mol. The third kappa shape index (κ3) is 4.27. The highest BCUT2D eigenvalue weighted by atomic mass is 28.3. The molecule has 0 rings (SSSR count). The molecule has 0 aromatic heterocycles. The van der Waals surface area contributed by atoms with Crippen molar-refractivity contribution in [3.05, 3.63) is 0 Å². The van der Waals surface area contributed by atoms with Crippen molar-refractivity contribution in [2.75, 3.05) is 6.61 Å². The van der Waals surface area contributed by atoms with Crippen LogP contribution in [0.1, 0.15) is 34.1 Å². The molecular weight excluding hydrogens is 192 g/mol. The second-order valence-corrected chi connectivity index (χ2v) is 11.2. The van der Waals surface area contributed by atoms with Crippen LogP contribution >= 0.6 is 0 Å². The Morgan fingerprint density at radius 1 is 1.29 bits per heavy atom. The highest BCUT2D eigenvalue weighted by Gasteiger charge is 2.34. The van der Waals surface area contributed by atoms with E-state index in [1.807, 2.05) is 6.92 Å². The van der Waals surface area contributed by atoms with Gasteiger partial charge in [-0.05, 0) is 18.0 Å². The van der Waals surface area contributed by atoms with Gasteiger partial charge in [-0.1, -0.05) is 33.9 Å². The summed E-state index contributed by atoms with van der Waals surface area (Å²) in [6.45, 7) is 13.8. The van der Waals surface area contributed by atoms with Gasteiger partial charge in [-0.15, -0.1) is 0 Å². The maximum Gasteiger partial charge on any atom is 0.305 e. The van der Waals surface area contributed by atoms with E-state index in [1.165, 1.54) is 0 Å². The summed E-state index contributed by atoms with van der Waals surface area (Å²) in [5, 5.41) is 0.361. The third-order valence-electron chi connectivity index (χ3n) is 3.29. The molecule has 0 aromatic rings. The maximum atomic E-state index is 11.2. The minimum Gasteiger partial charge on any atom is -0.466 e. The van der Waals surface area contributed by atoms with E-state index in [4.69, 9.17) is 4.74 Å². The molecule has 0 aliphatic carbocycles. The summed E-state index contributed by atoms with van der Waals surface area (Å²) < 4.78 is 4.93. The van der Waals surface area contributed by atoms with E-state index >= 15 is 0 Å². The first-order chi connectivity index (χ1) is 6.20. The molecule has 0 fully saturated rings. The summed E-state index contributed by atoms with van der Waals surface area (Å²) in [6.07, 6.45) is 0.588. The molecule has 0 spiro atoms. The van der Waals surface area contributed by atoms with E-state index < -0.39 is 8.07 Å². The Morgan fingerprint density at radius 2 is 1.79 bits per heavy atom. The average Bonchev–Trinajstić information content (AvgIpc) is 1.99. The first-order valence-electron chi connectivity index (χ1n) is 5.36. The number of hydrogen-bond acceptors (Lipinski definition) is 2. The van der Waals surface area contributed by atoms with Crippen LogP contribution in [0, 0.1) is 0 Å². The molecule has 0 N–H and O–H groups in total. The van der Waals surface area contributed by atoms with Crippen molar-refractivity contribution in [2.45, 2.75) is 58.3 Å². The first kappa shape index (κ1) is 13.7. The minimum atomic E-state index is -1.30. The molecule has 0 amide bonds. The van der Waals surface area contributed by atoms with Crippen LogP contribution in [0.5, 0.6) is 0 Å². The first-order valence-corrected chi connectivity index (χ1v) is 8.57. The molecular formula is C11H24O2Si. The molecule has 14 heavy (non-hydrogen) atoms. The molecule has 3 heteroatoms. The lowest BCUT2D eigenvalue weighted by atomic mass is 10.2. The Hall–Kier alpha value is -0.313. The van der Waals surface area contributed by atoms with Gasteiger partial charge in [0.2, 0.25) is 0 Å². The van der Waals surface area contributed by atoms with E-state index in [0.29, 0.717) is 18.1 Å². The van der Waals surface area contributed by atoms with E-state index in [-0.39, 0.29) is 5.97 Å². The fourth-order valence-electron chi connectivity index (χ4n) is 1.02. The fourth-order valence-corrected chi connectivity index (χ4v) is 2.60. The molecule has 0 radical (unpaired) electrons. The zero-order valence-electron chi connectivity index (χ0n) is 10.4. The van der Waals surface area contributed by atoms with Gasteiger partial charge in [0.05, 0.1) is 14.7 Å². The monoisotopic (exact) mass is 216 g/mol. The van der Waals surface area contributed by atoms with E-state index in [9.17, 15) is 4.79 Å². The summed E-state index contributed by atoms with van der Waals surface area (Å²) in [5.74, 6) is -0.0441. The number of esters is 1. The molecule has 0 saturated carbocycles. The zero-order chi connectivity index (χ0) is 11.4. The molecule has 0 aliphatic heterocycles. The van der Waals surface area contributed by atoms with Crippen LogP contribution < -0.4 is 0 Å². The van der Waals surface area contributed by atoms with Crippen molar-refractivity contribution in [1.29, 1.82) is 0 Å². The van der Waals surface area contributed by atoms with Gasteiger partial charge in [0.15, 0.2) is 0 Å². The highest BCUT2D eigenvalue weighted by molar-refractivity contribution is 6.80. The average molecular weight is 216 g/mol. The maximum absolute atomic E-state index is 11.2. The van der Waals surface area contributed by atoms with Crippen LogP contribution in [0.3, 0.4) is 0 Å². The van der Waals surface area contributed by atoms with Crippen LogP contribution in [0.25, 0.3) is 0 Å². The lowest BCUT2D eigenvalue weighted by Crippen LogP contribution is -2.37. The predicted octanol–water partition coefficient (Wildman–Crippen LogP) is 3.45. The van der Waals surface area contributed by atoms with Gasteiger partial charge < -0.3 is 4.74 Å². The van der Waals surface area contributed by atoms with Gasteiger partial charge in [-0.3, -0.25) is 4.79 Å². The molecule has 84 valence electrons. The van der Waals surface area contributed by atoms with Gasteiger partial charge in [0, 0.05) is 6.42 Å². The van der Waals surface area contributed by atoms with Gasteiger partial charge in [0.25, 0.3) is 0 Å². The van der Waals surface area contributed by atoms with Gasteiger partial charge in [-0.25, -0.2) is 0 Å². The second-order valence-electron chi connectivity index (χ2n) is 5.44. The van der Waals surface area contributed by atoms with Crippen molar-refractivity contribution in [3.63, 3.8) is 0 Å². The zero-order valence-corrected chi connectivity index (χ0v) is 11.4. The van der Waals surface area contributed by atoms with Crippen molar-refractivity contribution in [1.82, 2.24) is 0 Å². The molecule has 0 heterocycles. The topological polar surface area (TPSA) is 26.3 Å². The fraction of sp³-hybridized carbons (Fsp3) is 0.909. The Balaban J connectivity index is 4.06. The van der Waals surface area contributed by atoms with Crippen LogP contribution in [0.2, 0.25) is 24.2 Å². The Labute approximate surface area is 89.0 Å². The number of hydrogen-bond donors (Lipinski definition) is 0. The number of carbonyl (C=O) groups is 1. The Bertz CT molecular complexity index is 192. The summed E-state index contributed by atoms with van der Waals surface area (Å²) in [6, 6.07) is 1.02. The molecule has 0 unspecified atom stereocenters. The van der Waals surface area contributed by atoms with Crippen LogP contribution in [-0.2, 0) is 9.53 Å². The molecule has 0 aromatic carbocycles. The summed E-state index contributed by atoms with van der Waals surface area (Å²) >= 11 is 0. The van der Waals surface area contributed by atoms with Gasteiger partial charge in [-0.2, -0.15) is 0 Å². The standard InChI is InChI=1S/C11H24O2Si/c1-7-13-10(12)8-9-14(5,6)11(2,3)4/h7-9H2,1-6H3. The summed E-state index contributed by atoms with van der Waals surface area (Å²) in [7, 11) is -1.30. The molecule has 0 bridgehead atoms. The number of rotatable bonds is 4. The van der Waals surface area contributed by atoms with Crippen molar-refractivity contribution >= 4 is 14.0 Å². The largest absolute Gasteiger partial charge is 0.466 e. The van der Waals surface area contributed by atoms with E-state index in [1.54, 1.807) is 0 Å².